The third-order valence-electron chi connectivity index (χ3n) is 8.51. The SMILES string of the molecule is OC(COCCC12CC3CC(CC(C3)C1)C2)CN1CCN(Cc2ccc(Cl)cc2)CC1. The monoisotopic (exact) mass is 446 g/mol. The smallest absolute Gasteiger partial charge is 0.0900 e. The number of piperazine rings is 1. The molecule has 1 unspecified atom stereocenters. The molecule has 0 aromatic heterocycles. The van der Waals surface area contributed by atoms with Gasteiger partial charge in [0.2, 0.25) is 0 Å². The summed E-state index contributed by atoms with van der Waals surface area (Å²) in [5.41, 5.74) is 1.89. The van der Waals surface area contributed by atoms with Crippen LogP contribution in [0.4, 0.5) is 0 Å². The molecule has 4 bridgehead atoms. The van der Waals surface area contributed by atoms with E-state index in [2.05, 4.69) is 21.9 Å². The predicted octanol–water partition coefficient (Wildman–Crippen LogP) is 4.44. The van der Waals surface area contributed by atoms with E-state index < -0.39 is 0 Å². The van der Waals surface area contributed by atoms with Gasteiger partial charge in [0.05, 0.1) is 12.7 Å². The molecular weight excluding hydrogens is 408 g/mol. The molecule has 4 nitrogen and oxygen atoms in total. The Morgan fingerprint density at radius 2 is 1.52 bits per heavy atom. The summed E-state index contributed by atoms with van der Waals surface area (Å²) in [5, 5.41) is 11.3. The highest BCUT2D eigenvalue weighted by molar-refractivity contribution is 6.30. The first kappa shape index (κ1) is 22.2. The molecule has 0 radical (unpaired) electrons. The number of β-amino-alcohol motifs (C(OH)–C–C–N with tert-alkyl or cyclic N) is 1. The summed E-state index contributed by atoms with van der Waals surface area (Å²) in [6.07, 6.45) is 9.71. The van der Waals surface area contributed by atoms with Crippen molar-refractivity contribution >= 4 is 11.6 Å². The van der Waals surface area contributed by atoms with Crippen molar-refractivity contribution in [1.29, 1.82) is 0 Å². The van der Waals surface area contributed by atoms with Crippen molar-refractivity contribution in [1.82, 2.24) is 9.80 Å². The molecule has 1 saturated heterocycles. The van der Waals surface area contributed by atoms with Crippen LogP contribution in [-0.2, 0) is 11.3 Å². The minimum absolute atomic E-state index is 0.376. The summed E-state index contributed by atoms with van der Waals surface area (Å²) in [4.78, 5) is 4.86. The Bertz CT molecular complexity index is 681. The van der Waals surface area contributed by atoms with Crippen LogP contribution >= 0.6 is 11.6 Å². The average Bonchev–Trinajstić information content (AvgIpc) is 2.73. The van der Waals surface area contributed by atoms with Gasteiger partial charge in [0, 0.05) is 50.9 Å². The highest BCUT2D eigenvalue weighted by atomic mass is 35.5. The van der Waals surface area contributed by atoms with Gasteiger partial charge in [0.25, 0.3) is 0 Å². The summed E-state index contributed by atoms with van der Waals surface area (Å²) in [6.45, 7) is 7.13. The van der Waals surface area contributed by atoms with E-state index in [0.29, 0.717) is 12.0 Å². The Morgan fingerprint density at radius 1 is 0.935 bits per heavy atom. The van der Waals surface area contributed by atoms with E-state index >= 15 is 0 Å². The number of aliphatic hydroxyl groups is 1. The minimum atomic E-state index is -0.376. The lowest BCUT2D eigenvalue weighted by Crippen LogP contribution is -2.48. The number of nitrogens with zero attached hydrogens (tertiary/aromatic N) is 2. The number of hydrogen-bond acceptors (Lipinski definition) is 4. The Labute approximate surface area is 192 Å². The number of hydrogen-bond donors (Lipinski definition) is 1. The van der Waals surface area contributed by atoms with E-state index in [1.807, 2.05) is 12.1 Å². The second kappa shape index (κ2) is 9.69. The summed E-state index contributed by atoms with van der Waals surface area (Å²) < 4.78 is 5.99. The van der Waals surface area contributed by atoms with Gasteiger partial charge in [0.15, 0.2) is 0 Å². The third kappa shape index (κ3) is 5.65. The second-order valence-corrected chi connectivity index (χ2v) is 11.5. The van der Waals surface area contributed by atoms with Gasteiger partial charge in [0.1, 0.15) is 0 Å². The van der Waals surface area contributed by atoms with Crippen molar-refractivity contribution in [2.24, 2.45) is 23.2 Å². The molecule has 5 heteroatoms. The lowest BCUT2D eigenvalue weighted by Gasteiger charge is -2.57. The molecule has 1 aromatic rings. The third-order valence-corrected chi connectivity index (χ3v) is 8.76. The van der Waals surface area contributed by atoms with E-state index in [4.69, 9.17) is 16.3 Å². The summed E-state index contributed by atoms with van der Waals surface area (Å²) in [6, 6.07) is 8.15. The molecule has 31 heavy (non-hydrogen) atoms. The van der Waals surface area contributed by atoms with Crippen molar-refractivity contribution in [3.8, 4) is 0 Å². The molecule has 172 valence electrons. The van der Waals surface area contributed by atoms with Crippen LogP contribution in [0.3, 0.4) is 0 Å². The number of halogens is 1. The Balaban J connectivity index is 0.971. The van der Waals surface area contributed by atoms with Crippen LogP contribution < -0.4 is 0 Å². The summed E-state index contributed by atoms with van der Waals surface area (Å²) >= 11 is 5.98. The number of rotatable bonds is 9. The van der Waals surface area contributed by atoms with E-state index in [0.717, 1.165) is 68.7 Å². The Morgan fingerprint density at radius 3 is 2.13 bits per heavy atom. The van der Waals surface area contributed by atoms with Gasteiger partial charge in [-0.2, -0.15) is 0 Å². The zero-order valence-corrected chi connectivity index (χ0v) is 19.6. The molecule has 5 aliphatic rings. The first-order chi connectivity index (χ1) is 15.1. The maximum atomic E-state index is 10.5. The molecule has 4 saturated carbocycles. The van der Waals surface area contributed by atoms with Gasteiger partial charge in [-0.05, 0) is 85.8 Å². The molecule has 1 N–H and O–H groups in total. The molecule has 1 atom stereocenters. The van der Waals surface area contributed by atoms with Crippen LogP contribution in [0.15, 0.2) is 24.3 Å². The van der Waals surface area contributed by atoms with Crippen molar-refractivity contribution in [3.63, 3.8) is 0 Å². The van der Waals surface area contributed by atoms with E-state index in [9.17, 15) is 5.11 Å². The molecule has 0 amide bonds. The van der Waals surface area contributed by atoms with E-state index in [1.165, 1.54) is 50.5 Å². The van der Waals surface area contributed by atoms with Gasteiger partial charge in [-0.25, -0.2) is 0 Å². The van der Waals surface area contributed by atoms with E-state index in [1.54, 1.807) is 0 Å². The molecule has 1 heterocycles. The first-order valence-electron chi connectivity index (χ1n) is 12.5. The van der Waals surface area contributed by atoms with Gasteiger partial charge in [-0.3, -0.25) is 9.80 Å². The van der Waals surface area contributed by atoms with Crippen molar-refractivity contribution < 1.29 is 9.84 Å². The maximum absolute atomic E-state index is 10.5. The molecular formula is C26H39ClN2O2. The quantitative estimate of drug-likeness (QED) is 0.569. The number of benzene rings is 1. The Hall–Kier alpha value is -0.650. The molecule has 0 spiro atoms. The van der Waals surface area contributed by atoms with Crippen LogP contribution in [0.1, 0.15) is 50.5 Å². The minimum Gasteiger partial charge on any atom is -0.389 e. The van der Waals surface area contributed by atoms with E-state index in [-0.39, 0.29) is 6.10 Å². The fourth-order valence-corrected chi connectivity index (χ4v) is 7.56. The molecule has 1 aromatic carbocycles. The zero-order chi connectivity index (χ0) is 21.3. The number of ether oxygens (including phenoxy) is 1. The molecule has 6 rings (SSSR count). The van der Waals surface area contributed by atoms with Gasteiger partial charge in [-0.15, -0.1) is 0 Å². The van der Waals surface area contributed by atoms with Crippen molar-refractivity contribution in [3.05, 3.63) is 34.9 Å². The Kier molecular flexibility index (Phi) is 6.92. The lowest BCUT2D eigenvalue weighted by atomic mass is 9.49. The summed E-state index contributed by atoms with van der Waals surface area (Å²) in [7, 11) is 0. The van der Waals surface area contributed by atoms with Crippen LogP contribution in [0.5, 0.6) is 0 Å². The van der Waals surface area contributed by atoms with Crippen LogP contribution in [0.2, 0.25) is 5.02 Å². The first-order valence-corrected chi connectivity index (χ1v) is 12.9. The highest BCUT2D eigenvalue weighted by Crippen LogP contribution is 2.61. The van der Waals surface area contributed by atoms with Gasteiger partial charge >= 0.3 is 0 Å². The van der Waals surface area contributed by atoms with Crippen molar-refractivity contribution in [2.45, 2.75) is 57.6 Å². The largest absolute Gasteiger partial charge is 0.389 e. The highest BCUT2D eigenvalue weighted by Gasteiger charge is 2.50. The topological polar surface area (TPSA) is 35.9 Å². The second-order valence-electron chi connectivity index (χ2n) is 11.1. The summed E-state index contributed by atoms with van der Waals surface area (Å²) in [5.74, 6) is 3.03. The lowest BCUT2D eigenvalue weighted by molar-refractivity contribution is -0.0744. The van der Waals surface area contributed by atoms with Crippen LogP contribution in [0, 0.1) is 23.2 Å². The fraction of sp³-hybridized carbons (Fsp3) is 0.769. The molecule has 5 fully saturated rings. The predicted molar refractivity (Wildman–Crippen MR) is 125 cm³/mol. The van der Waals surface area contributed by atoms with Crippen molar-refractivity contribution in [2.75, 3.05) is 45.9 Å². The van der Waals surface area contributed by atoms with Gasteiger partial charge < -0.3 is 9.84 Å². The molecule has 1 aliphatic heterocycles. The van der Waals surface area contributed by atoms with Gasteiger partial charge in [-0.1, -0.05) is 23.7 Å². The zero-order valence-electron chi connectivity index (χ0n) is 18.9. The maximum Gasteiger partial charge on any atom is 0.0900 e. The average molecular weight is 447 g/mol. The van der Waals surface area contributed by atoms with Crippen LogP contribution in [-0.4, -0.2) is 66.9 Å². The fourth-order valence-electron chi connectivity index (χ4n) is 7.43. The standard InChI is InChI=1S/C26H39ClN2O2/c27-24-3-1-20(2-4-24)17-28-6-8-29(9-7-28)18-25(30)19-31-10-5-26-14-21-11-22(15-26)13-23(12-21)16-26/h1-4,21-23,25,30H,5-19H2. The molecule has 4 aliphatic carbocycles. The number of aliphatic hydroxyl groups excluding tert-OH is 1. The normalized spacial score (nSPS) is 34.3. The van der Waals surface area contributed by atoms with Crippen LogP contribution in [0.25, 0.3) is 0 Å².